The average Bonchev–Trinajstić information content (AvgIpc) is 3.60. The highest BCUT2D eigenvalue weighted by Gasteiger charge is 2.46. The van der Waals surface area contributed by atoms with Gasteiger partial charge >= 0.3 is 0 Å². The number of fused-ring (bicyclic) bond motifs is 6. The van der Waals surface area contributed by atoms with E-state index in [4.69, 9.17) is 0 Å². The van der Waals surface area contributed by atoms with Crippen LogP contribution in [0, 0.1) is 0 Å². The largest absolute Gasteiger partial charge is 0.310 e. The zero-order valence-corrected chi connectivity index (χ0v) is 32.0. The molecule has 11 rings (SSSR count). The molecule has 0 aromatic heterocycles. The van der Waals surface area contributed by atoms with E-state index < -0.39 is 5.41 Å². The van der Waals surface area contributed by atoms with Gasteiger partial charge in [-0.15, -0.1) is 0 Å². The van der Waals surface area contributed by atoms with Gasteiger partial charge in [-0.05, 0) is 102 Å². The lowest BCUT2D eigenvalue weighted by atomic mass is 9.67. The Morgan fingerprint density at radius 2 is 0.776 bits per heavy atom. The molecule has 0 spiro atoms. The third-order valence-electron chi connectivity index (χ3n) is 12.2. The summed E-state index contributed by atoms with van der Waals surface area (Å²) in [5.74, 6) is 0. The van der Waals surface area contributed by atoms with Gasteiger partial charge in [0.2, 0.25) is 0 Å². The first-order chi connectivity index (χ1) is 28.8. The summed E-state index contributed by atoms with van der Waals surface area (Å²) in [6.45, 7) is 0. The number of hydrogen-bond acceptors (Lipinski definition) is 1. The molecule has 0 heterocycles. The van der Waals surface area contributed by atoms with Crippen molar-refractivity contribution in [2.24, 2.45) is 0 Å². The summed E-state index contributed by atoms with van der Waals surface area (Å²) >= 11 is 0. The zero-order valence-electron chi connectivity index (χ0n) is 32.0. The molecule has 0 amide bonds. The maximum absolute atomic E-state index is 2.47. The van der Waals surface area contributed by atoms with Crippen molar-refractivity contribution < 1.29 is 0 Å². The van der Waals surface area contributed by atoms with Crippen LogP contribution in [0.2, 0.25) is 0 Å². The minimum absolute atomic E-state index is 0.504. The third-order valence-corrected chi connectivity index (χ3v) is 12.2. The highest BCUT2D eigenvalue weighted by Crippen LogP contribution is 2.57. The zero-order chi connectivity index (χ0) is 38.5. The van der Waals surface area contributed by atoms with Crippen LogP contribution in [0.15, 0.2) is 237 Å². The van der Waals surface area contributed by atoms with E-state index in [1.165, 1.54) is 77.2 Å². The van der Waals surface area contributed by atoms with Crippen LogP contribution in [-0.4, -0.2) is 0 Å². The highest BCUT2D eigenvalue weighted by atomic mass is 15.1. The molecule has 1 nitrogen and oxygen atoms in total. The number of anilines is 3. The third kappa shape index (κ3) is 5.32. The minimum atomic E-state index is -0.504. The van der Waals surface area contributed by atoms with Gasteiger partial charge in [-0.25, -0.2) is 0 Å². The first kappa shape index (κ1) is 33.8. The number of benzene rings is 10. The minimum Gasteiger partial charge on any atom is -0.310 e. The Balaban J connectivity index is 1.17. The Kier molecular flexibility index (Phi) is 8.12. The van der Waals surface area contributed by atoms with E-state index in [9.17, 15) is 0 Å². The van der Waals surface area contributed by atoms with E-state index in [2.05, 4.69) is 241 Å². The van der Waals surface area contributed by atoms with Gasteiger partial charge in [0.05, 0.1) is 11.1 Å². The lowest BCUT2D eigenvalue weighted by molar-refractivity contribution is 0.768. The fourth-order valence-electron chi connectivity index (χ4n) is 9.61. The summed E-state index contributed by atoms with van der Waals surface area (Å²) in [5, 5.41) is 4.93. The van der Waals surface area contributed by atoms with Crippen molar-refractivity contribution in [3.05, 3.63) is 259 Å². The molecule has 0 unspecified atom stereocenters. The molecular weight excluding hydrogens is 699 g/mol. The van der Waals surface area contributed by atoms with Gasteiger partial charge in [0.15, 0.2) is 0 Å². The van der Waals surface area contributed by atoms with Crippen molar-refractivity contribution in [3.63, 3.8) is 0 Å². The molecule has 272 valence electrons. The molecule has 1 heteroatoms. The summed E-state index contributed by atoms with van der Waals surface area (Å²) in [5.41, 5.74) is 15.4. The van der Waals surface area contributed by atoms with Crippen LogP contribution in [0.5, 0.6) is 0 Å². The number of nitrogens with zero attached hydrogens (tertiary/aromatic N) is 1. The van der Waals surface area contributed by atoms with Crippen LogP contribution in [0.4, 0.5) is 17.1 Å². The van der Waals surface area contributed by atoms with Crippen LogP contribution in [0.1, 0.15) is 22.3 Å². The van der Waals surface area contributed by atoms with Gasteiger partial charge in [0.25, 0.3) is 0 Å². The quantitative estimate of drug-likeness (QED) is 0.147. The molecule has 0 atom stereocenters. The van der Waals surface area contributed by atoms with Crippen molar-refractivity contribution in [3.8, 4) is 33.4 Å². The molecule has 0 aliphatic heterocycles. The van der Waals surface area contributed by atoms with Gasteiger partial charge < -0.3 is 4.90 Å². The molecule has 0 saturated heterocycles. The normalized spacial score (nSPS) is 12.6. The molecule has 0 radical (unpaired) electrons. The van der Waals surface area contributed by atoms with E-state index in [1.54, 1.807) is 0 Å². The maximum atomic E-state index is 2.47. The molecule has 0 saturated carbocycles. The molecule has 58 heavy (non-hydrogen) atoms. The molecule has 1 aliphatic carbocycles. The van der Waals surface area contributed by atoms with Gasteiger partial charge in [0, 0.05) is 16.8 Å². The maximum Gasteiger partial charge on any atom is 0.0714 e. The second kappa shape index (κ2) is 13.9. The second-order valence-corrected chi connectivity index (χ2v) is 15.2. The van der Waals surface area contributed by atoms with Gasteiger partial charge in [-0.3, -0.25) is 0 Å². The van der Waals surface area contributed by atoms with E-state index >= 15 is 0 Å². The van der Waals surface area contributed by atoms with E-state index in [-0.39, 0.29) is 0 Å². The highest BCUT2D eigenvalue weighted by molar-refractivity contribution is 6.16. The van der Waals surface area contributed by atoms with Crippen LogP contribution in [0.25, 0.3) is 54.9 Å². The summed E-state index contributed by atoms with van der Waals surface area (Å²) in [6.07, 6.45) is 0. The molecule has 0 bridgehead atoms. The van der Waals surface area contributed by atoms with Crippen LogP contribution in [0.3, 0.4) is 0 Å². The Morgan fingerprint density at radius 1 is 0.276 bits per heavy atom. The van der Waals surface area contributed by atoms with Crippen molar-refractivity contribution in [2.45, 2.75) is 5.41 Å². The van der Waals surface area contributed by atoms with Crippen LogP contribution in [-0.2, 0) is 5.41 Å². The van der Waals surface area contributed by atoms with Crippen molar-refractivity contribution >= 4 is 38.6 Å². The van der Waals surface area contributed by atoms with Crippen molar-refractivity contribution in [1.82, 2.24) is 0 Å². The lowest BCUT2D eigenvalue weighted by Gasteiger charge is -2.35. The summed E-state index contributed by atoms with van der Waals surface area (Å²) in [6, 6.07) is 86.8. The van der Waals surface area contributed by atoms with Gasteiger partial charge in [-0.1, -0.05) is 206 Å². The molecule has 10 aromatic carbocycles. The Labute approximate surface area is 339 Å². The van der Waals surface area contributed by atoms with Gasteiger partial charge in [-0.2, -0.15) is 0 Å². The summed E-state index contributed by atoms with van der Waals surface area (Å²) in [7, 11) is 0. The molecule has 0 fully saturated rings. The van der Waals surface area contributed by atoms with Crippen molar-refractivity contribution in [2.75, 3.05) is 4.90 Å². The molecule has 10 aromatic rings. The van der Waals surface area contributed by atoms with E-state index in [0.29, 0.717) is 0 Å². The first-order valence-electron chi connectivity index (χ1n) is 20.1. The van der Waals surface area contributed by atoms with Crippen molar-refractivity contribution in [1.29, 1.82) is 0 Å². The Morgan fingerprint density at radius 3 is 1.47 bits per heavy atom. The first-order valence-corrected chi connectivity index (χ1v) is 20.1. The molecule has 1 aliphatic rings. The smallest absolute Gasteiger partial charge is 0.0714 e. The summed E-state index contributed by atoms with van der Waals surface area (Å²) < 4.78 is 0. The molecular formula is C57H39N. The SMILES string of the molecule is c1ccc(-c2ccc(N(c3ccc4c(c3)C(c3ccccc3)(c3ccccc3)c3ccccc3-4)c3cccc4c3ccc3c(-c5ccccc5)cccc34)cc2)cc1. The van der Waals surface area contributed by atoms with E-state index in [1.807, 2.05) is 0 Å². The second-order valence-electron chi connectivity index (χ2n) is 15.2. The fraction of sp³-hybridized carbons (Fsp3) is 0.0175. The van der Waals surface area contributed by atoms with Crippen LogP contribution >= 0.6 is 0 Å². The monoisotopic (exact) mass is 737 g/mol. The topological polar surface area (TPSA) is 3.24 Å². The number of rotatable bonds is 7. The lowest BCUT2D eigenvalue weighted by Crippen LogP contribution is -2.28. The van der Waals surface area contributed by atoms with E-state index in [0.717, 1.165) is 17.1 Å². The fourth-order valence-corrected chi connectivity index (χ4v) is 9.61. The average molecular weight is 738 g/mol. The predicted molar refractivity (Wildman–Crippen MR) is 244 cm³/mol. The summed E-state index contributed by atoms with van der Waals surface area (Å²) in [4.78, 5) is 2.47. The molecule has 0 N–H and O–H groups in total. The number of hydrogen-bond donors (Lipinski definition) is 0. The Hall–Kier alpha value is -7.48. The Bertz CT molecular complexity index is 3040. The standard InChI is InChI=1S/C57H39N/c1-5-17-40(18-6-1)41-31-33-45(34-32-41)58(56-30-16-28-49-48-27-15-26-47(42-19-7-2-8-20-42)50(48)37-38-53(49)56)46-35-36-52-51-25-13-14-29-54(51)57(55(52)39-46,43-21-9-3-10-22-43)44-23-11-4-12-24-44/h1-39H. The van der Waals surface area contributed by atoms with Gasteiger partial charge in [0.1, 0.15) is 0 Å². The predicted octanol–water partition coefficient (Wildman–Crippen LogP) is 15.2. The van der Waals surface area contributed by atoms with Crippen LogP contribution < -0.4 is 4.90 Å².